The van der Waals surface area contributed by atoms with E-state index in [0.717, 1.165) is 27.6 Å². The lowest BCUT2D eigenvalue weighted by atomic mass is 9.86. The first-order chi connectivity index (χ1) is 15.5. The molecule has 6 rings (SSSR count). The van der Waals surface area contributed by atoms with Crippen LogP contribution in [0.4, 0.5) is 0 Å². The van der Waals surface area contributed by atoms with Crippen molar-refractivity contribution in [3.8, 4) is 11.1 Å². The molecule has 4 atom stereocenters. The highest BCUT2D eigenvalue weighted by molar-refractivity contribution is 6.31. The predicted octanol–water partition coefficient (Wildman–Crippen LogP) is 4.91. The van der Waals surface area contributed by atoms with Crippen molar-refractivity contribution >= 4 is 28.4 Å². The van der Waals surface area contributed by atoms with E-state index in [1.165, 1.54) is 0 Å². The summed E-state index contributed by atoms with van der Waals surface area (Å²) in [7, 11) is 0. The number of carbonyl (C=O) groups excluding carboxylic acids is 1. The number of amides is 1. The van der Waals surface area contributed by atoms with Crippen LogP contribution in [0.15, 0.2) is 72.9 Å². The van der Waals surface area contributed by atoms with Crippen molar-refractivity contribution < 1.29 is 9.90 Å². The Morgan fingerprint density at radius 3 is 2.56 bits per heavy atom. The molecule has 160 valence electrons. The van der Waals surface area contributed by atoms with Crippen molar-refractivity contribution in [3.63, 3.8) is 0 Å². The second kappa shape index (κ2) is 7.19. The fourth-order valence-electron chi connectivity index (χ4n) is 5.41. The van der Waals surface area contributed by atoms with Crippen LogP contribution in [-0.2, 0) is 5.60 Å². The van der Waals surface area contributed by atoms with Crippen molar-refractivity contribution in [2.24, 2.45) is 11.8 Å². The van der Waals surface area contributed by atoms with E-state index in [1.54, 1.807) is 6.20 Å². The summed E-state index contributed by atoms with van der Waals surface area (Å²) >= 11 is 6.28. The van der Waals surface area contributed by atoms with Crippen LogP contribution in [0.1, 0.15) is 28.8 Å². The molecular weight excluding hydrogens is 422 g/mol. The van der Waals surface area contributed by atoms with E-state index in [2.05, 4.69) is 15.5 Å². The number of carbonyl (C=O) groups is 1. The van der Waals surface area contributed by atoms with Gasteiger partial charge in [-0.1, -0.05) is 54.1 Å². The Balaban J connectivity index is 1.17. The van der Waals surface area contributed by atoms with Gasteiger partial charge in [-0.3, -0.25) is 9.89 Å². The summed E-state index contributed by atoms with van der Waals surface area (Å²) in [6, 6.07) is 21.5. The third-order valence-corrected chi connectivity index (χ3v) is 7.25. The number of rotatable bonds is 4. The summed E-state index contributed by atoms with van der Waals surface area (Å²) in [5.74, 6) is 0.468. The average molecular weight is 444 g/mol. The summed E-state index contributed by atoms with van der Waals surface area (Å²) in [5.41, 5.74) is 3.46. The molecule has 0 aliphatic heterocycles. The van der Waals surface area contributed by atoms with Crippen molar-refractivity contribution in [2.45, 2.75) is 24.5 Å². The number of benzene rings is 3. The van der Waals surface area contributed by atoms with Gasteiger partial charge < -0.3 is 10.4 Å². The molecule has 1 amide bonds. The number of nitrogens with zero attached hydrogens (tertiary/aromatic N) is 1. The van der Waals surface area contributed by atoms with Crippen molar-refractivity contribution in [1.29, 1.82) is 0 Å². The normalized spacial score (nSPS) is 26.1. The molecule has 2 aliphatic carbocycles. The number of aromatic nitrogens is 2. The number of fused-ring (bicyclic) bond motifs is 2. The molecule has 3 N–H and O–H groups in total. The Hall–Kier alpha value is -3.15. The Kier molecular flexibility index (Phi) is 4.39. The third-order valence-electron chi connectivity index (χ3n) is 7.03. The lowest BCUT2D eigenvalue weighted by molar-refractivity contribution is 0.0293. The number of H-pyrrole nitrogens is 1. The summed E-state index contributed by atoms with van der Waals surface area (Å²) < 4.78 is 0. The molecule has 2 fully saturated rings. The number of aromatic amines is 1. The smallest absolute Gasteiger partial charge is 0.251 e. The van der Waals surface area contributed by atoms with Crippen LogP contribution in [0.3, 0.4) is 0 Å². The second-order valence-electron chi connectivity index (χ2n) is 9.00. The summed E-state index contributed by atoms with van der Waals surface area (Å²) in [5, 5.41) is 23.1. The molecule has 2 saturated carbocycles. The molecule has 0 radical (unpaired) electrons. The molecule has 0 spiro atoms. The van der Waals surface area contributed by atoms with Crippen LogP contribution in [0.5, 0.6) is 0 Å². The van der Waals surface area contributed by atoms with Crippen molar-refractivity contribution in [1.82, 2.24) is 15.5 Å². The van der Waals surface area contributed by atoms with Gasteiger partial charge in [-0.05, 0) is 65.6 Å². The molecule has 0 saturated heterocycles. The van der Waals surface area contributed by atoms with Gasteiger partial charge in [-0.15, -0.1) is 0 Å². The van der Waals surface area contributed by atoms with Gasteiger partial charge >= 0.3 is 0 Å². The van der Waals surface area contributed by atoms with E-state index in [4.69, 9.17) is 11.6 Å². The fourth-order valence-corrected chi connectivity index (χ4v) is 5.62. The monoisotopic (exact) mass is 443 g/mol. The van der Waals surface area contributed by atoms with Crippen LogP contribution in [0.2, 0.25) is 5.02 Å². The zero-order valence-electron chi connectivity index (χ0n) is 17.3. The summed E-state index contributed by atoms with van der Waals surface area (Å²) in [6.45, 7) is 0. The SMILES string of the molecule is O=C(NC1[C@H]2CC(O)(c3cc(Cl)cc4[nH]ncc34)C[C@@H]12)c1cccc(-c2ccccc2)c1. The maximum absolute atomic E-state index is 12.9. The molecule has 3 aromatic carbocycles. The number of hydrogen-bond acceptors (Lipinski definition) is 3. The zero-order chi connectivity index (χ0) is 21.9. The van der Waals surface area contributed by atoms with E-state index >= 15 is 0 Å². The number of aliphatic hydroxyl groups is 1. The Morgan fingerprint density at radius 2 is 1.78 bits per heavy atom. The van der Waals surface area contributed by atoms with Crippen LogP contribution in [0.25, 0.3) is 22.0 Å². The van der Waals surface area contributed by atoms with Gasteiger partial charge in [0, 0.05) is 22.0 Å². The molecule has 2 unspecified atom stereocenters. The highest BCUT2D eigenvalue weighted by atomic mass is 35.5. The van der Waals surface area contributed by atoms with Crippen LogP contribution in [-0.4, -0.2) is 27.3 Å². The standard InChI is InChI=1S/C26H22ClN3O2/c27-18-10-22(21-14-28-30-23(21)11-18)26(32)12-19-20(13-26)24(19)29-25(31)17-8-4-7-16(9-17)15-5-2-1-3-6-15/h1-11,14,19-20,24,32H,12-13H2,(H,28,30)(H,29,31)/t19-,20+,24?,26?. The van der Waals surface area contributed by atoms with E-state index in [1.807, 2.05) is 66.7 Å². The Bertz CT molecular complexity index is 1320. The first kappa shape index (κ1) is 19.5. The largest absolute Gasteiger partial charge is 0.385 e. The van der Waals surface area contributed by atoms with Crippen LogP contribution < -0.4 is 5.32 Å². The average Bonchev–Trinajstić information content (AvgIpc) is 3.14. The van der Waals surface area contributed by atoms with E-state index < -0.39 is 5.60 Å². The van der Waals surface area contributed by atoms with E-state index in [0.29, 0.717) is 23.4 Å². The van der Waals surface area contributed by atoms with Gasteiger partial charge in [-0.2, -0.15) is 5.10 Å². The number of halogens is 1. The first-order valence-corrected chi connectivity index (χ1v) is 11.2. The molecule has 6 heteroatoms. The first-order valence-electron chi connectivity index (χ1n) is 10.8. The van der Waals surface area contributed by atoms with Gasteiger partial charge in [0.2, 0.25) is 0 Å². The maximum Gasteiger partial charge on any atom is 0.251 e. The van der Waals surface area contributed by atoms with Gasteiger partial charge in [0.25, 0.3) is 5.91 Å². The highest BCUT2D eigenvalue weighted by Gasteiger charge is 2.62. The molecule has 4 aromatic rings. The van der Waals surface area contributed by atoms with E-state index in [-0.39, 0.29) is 23.8 Å². The van der Waals surface area contributed by atoms with Crippen molar-refractivity contribution in [3.05, 3.63) is 89.1 Å². The van der Waals surface area contributed by atoms with Crippen molar-refractivity contribution in [2.75, 3.05) is 0 Å². The Morgan fingerprint density at radius 1 is 1.03 bits per heavy atom. The number of hydrogen-bond donors (Lipinski definition) is 3. The molecule has 0 bridgehead atoms. The lowest BCUT2D eigenvalue weighted by Crippen LogP contribution is -2.33. The minimum atomic E-state index is -0.948. The van der Waals surface area contributed by atoms with Gasteiger partial charge in [0.1, 0.15) is 0 Å². The quantitative estimate of drug-likeness (QED) is 0.419. The third kappa shape index (κ3) is 3.20. The zero-order valence-corrected chi connectivity index (χ0v) is 18.0. The van der Waals surface area contributed by atoms with Crippen LogP contribution >= 0.6 is 11.6 Å². The highest BCUT2D eigenvalue weighted by Crippen LogP contribution is 2.60. The Labute approximate surface area is 190 Å². The summed E-state index contributed by atoms with van der Waals surface area (Å²) in [6.07, 6.45) is 2.95. The van der Waals surface area contributed by atoms with Gasteiger partial charge in [0.15, 0.2) is 0 Å². The molecule has 32 heavy (non-hydrogen) atoms. The molecular formula is C26H22ClN3O2. The second-order valence-corrected chi connectivity index (χ2v) is 9.43. The fraction of sp³-hybridized carbons (Fsp3) is 0.231. The van der Waals surface area contributed by atoms with E-state index in [9.17, 15) is 9.90 Å². The predicted molar refractivity (Wildman–Crippen MR) is 124 cm³/mol. The summed E-state index contributed by atoms with van der Waals surface area (Å²) in [4.78, 5) is 12.9. The van der Waals surface area contributed by atoms with Crippen LogP contribution in [0, 0.1) is 11.8 Å². The van der Waals surface area contributed by atoms with Gasteiger partial charge in [-0.25, -0.2) is 0 Å². The number of nitrogens with one attached hydrogen (secondary N) is 2. The topological polar surface area (TPSA) is 78.0 Å². The molecule has 5 nitrogen and oxygen atoms in total. The minimum absolute atomic E-state index is 0.0642. The maximum atomic E-state index is 12.9. The van der Waals surface area contributed by atoms with Gasteiger partial charge in [0.05, 0.1) is 17.3 Å². The molecule has 1 aromatic heterocycles. The molecule has 2 aliphatic rings. The lowest BCUT2D eigenvalue weighted by Gasteiger charge is -2.27. The molecule has 1 heterocycles. The minimum Gasteiger partial charge on any atom is -0.385 e.